The lowest BCUT2D eigenvalue weighted by Crippen LogP contribution is -2.37. The molecule has 122 valence electrons. The number of fused-ring (bicyclic) bond motifs is 1. The van der Waals surface area contributed by atoms with E-state index in [4.69, 9.17) is 0 Å². The summed E-state index contributed by atoms with van der Waals surface area (Å²) >= 11 is 0. The zero-order valence-electron chi connectivity index (χ0n) is 12.8. The molecule has 0 spiro atoms. The van der Waals surface area contributed by atoms with Crippen LogP contribution in [0.25, 0.3) is 11.0 Å². The van der Waals surface area contributed by atoms with Gasteiger partial charge in [0.25, 0.3) is 11.5 Å². The predicted octanol–water partition coefficient (Wildman–Crippen LogP) is -0.0149. The first-order chi connectivity index (χ1) is 11.4. The number of hydrogen-bond donors (Lipinski definition) is 2. The molecule has 9 heteroatoms. The summed E-state index contributed by atoms with van der Waals surface area (Å²) < 4.78 is 2.17. The van der Waals surface area contributed by atoms with Crippen LogP contribution in [0, 0.1) is 0 Å². The molecule has 0 atom stereocenters. The average Bonchev–Trinajstić information content (AvgIpc) is 2.59. The molecule has 3 heterocycles. The Bertz CT molecular complexity index is 1080. The number of carbonyl (C=O) groups is 1. The molecule has 0 saturated heterocycles. The van der Waals surface area contributed by atoms with Gasteiger partial charge in [0.15, 0.2) is 11.6 Å². The fraction of sp³-hybridized carbons (Fsp3) is 0.133. The molecular weight excluding hydrogens is 314 g/mol. The molecular formula is C15H13N5O4. The number of aryl methyl sites for hydroxylation is 1. The van der Waals surface area contributed by atoms with Crippen molar-refractivity contribution in [2.75, 3.05) is 5.32 Å². The van der Waals surface area contributed by atoms with Crippen molar-refractivity contribution in [2.45, 2.75) is 0 Å². The Morgan fingerprint density at radius 3 is 2.67 bits per heavy atom. The minimum absolute atomic E-state index is 0.00374. The highest BCUT2D eigenvalue weighted by molar-refractivity contribution is 6.05. The Hall–Kier alpha value is -3.49. The monoisotopic (exact) mass is 327 g/mol. The number of nitrogens with one attached hydrogen (secondary N) is 1. The van der Waals surface area contributed by atoms with Crippen molar-refractivity contribution in [2.24, 2.45) is 14.1 Å². The molecule has 3 rings (SSSR count). The lowest BCUT2D eigenvalue weighted by molar-refractivity contribution is 0.102. The second-order valence-corrected chi connectivity index (χ2v) is 5.13. The highest BCUT2D eigenvalue weighted by Crippen LogP contribution is 2.19. The van der Waals surface area contributed by atoms with E-state index in [1.54, 1.807) is 0 Å². The summed E-state index contributed by atoms with van der Waals surface area (Å²) in [7, 11) is 2.84. The number of nitrogens with zero attached hydrogens (tertiary/aromatic N) is 4. The second kappa shape index (κ2) is 5.61. The van der Waals surface area contributed by atoms with E-state index in [0.717, 1.165) is 4.57 Å². The van der Waals surface area contributed by atoms with Crippen LogP contribution in [0.15, 0.2) is 40.2 Å². The molecule has 0 bridgehead atoms. The third-order valence-electron chi connectivity index (χ3n) is 3.57. The van der Waals surface area contributed by atoms with Gasteiger partial charge < -0.3 is 10.4 Å². The zero-order chi connectivity index (χ0) is 17.4. The van der Waals surface area contributed by atoms with Crippen LogP contribution in [-0.4, -0.2) is 30.1 Å². The number of carbonyl (C=O) groups excluding carboxylic acids is 1. The Morgan fingerprint density at radius 1 is 1.21 bits per heavy atom. The van der Waals surface area contributed by atoms with E-state index in [0.29, 0.717) is 0 Å². The van der Waals surface area contributed by atoms with Crippen molar-refractivity contribution in [1.29, 1.82) is 0 Å². The summed E-state index contributed by atoms with van der Waals surface area (Å²) in [6, 6.07) is 4.25. The van der Waals surface area contributed by atoms with Gasteiger partial charge in [-0.2, -0.15) is 0 Å². The number of aromatic hydroxyl groups is 1. The molecule has 9 nitrogen and oxygen atoms in total. The van der Waals surface area contributed by atoms with E-state index in [9.17, 15) is 19.5 Å². The van der Waals surface area contributed by atoms with Crippen LogP contribution in [0.1, 0.15) is 10.4 Å². The van der Waals surface area contributed by atoms with Crippen LogP contribution < -0.4 is 16.6 Å². The molecule has 0 unspecified atom stereocenters. The summed E-state index contributed by atoms with van der Waals surface area (Å²) in [4.78, 5) is 44.2. The van der Waals surface area contributed by atoms with Crippen molar-refractivity contribution in [3.8, 4) is 5.75 Å². The molecule has 3 aromatic rings. The van der Waals surface area contributed by atoms with Gasteiger partial charge in [0.05, 0.1) is 10.9 Å². The van der Waals surface area contributed by atoms with Gasteiger partial charge in [-0.3, -0.25) is 18.7 Å². The van der Waals surface area contributed by atoms with E-state index in [-0.39, 0.29) is 28.2 Å². The van der Waals surface area contributed by atoms with Crippen molar-refractivity contribution >= 4 is 22.8 Å². The quantitative estimate of drug-likeness (QED) is 0.683. The third kappa shape index (κ3) is 2.41. The fourth-order valence-corrected chi connectivity index (χ4v) is 2.26. The smallest absolute Gasteiger partial charge is 0.332 e. The van der Waals surface area contributed by atoms with Gasteiger partial charge in [-0.25, -0.2) is 14.8 Å². The topological polar surface area (TPSA) is 119 Å². The van der Waals surface area contributed by atoms with Gasteiger partial charge in [0, 0.05) is 26.5 Å². The molecule has 0 aliphatic heterocycles. The maximum absolute atomic E-state index is 12.3. The predicted molar refractivity (Wildman–Crippen MR) is 86.1 cm³/mol. The molecule has 0 aromatic carbocycles. The van der Waals surface area contributed by atoms with E-state index >= 15 is 0 Å². The second-order valence-electron chi connectivity index (χ2n) is 5.13. The average molecular weight is 327 g/mol. The van der Waals surface area contributed by atoms with Crippen LogP contribution >= 0.6 is 0 Å². The van der Waals surface area contributed by atoms with E-state index < -0.39 is 17.2 Å². The number of aromatic nitrogens is 4. The molecule has 2 N–H and O–H groups in total. The highest BCUT2D eigenvalue weighted by Gasteiger charge is 2.15. The Morgan fingerprint density at radius 2 is 1.96 bits per heavy atom. The lowest BCUT2D eigenvalue weighted by Gasteiger charge is -2.09. The minimum Gasteiger partial charge on any atom is -0.504 e. The number of amides is 1. The molecule has 0 radical (unpaired) electrons. The van der Waals surface area contributed by atoms with Gasteiger partial charge in [-0.1, -0.05) is 0 Å². The minimum atomic E-state index is -0.589. The van der Waals surface area contributed by atoms with Crippen molar-refractivity contribution < 1.29 is 9.90 Å². The number of rotatable bonds is 2. The third-order valence-corrected chi connectivity index (χ3v) is 3.57. The van der Waals surface area contributed by atoms with Crippen molar-refractivity contribution in [3.05, 3.63) is 57.0 Å². The summed E-state index contributed by atoms with van der Waals surface area (Å²) in [5.74, 6) is -0.775. The van der Waals surface area contributed by atoms with Crippen molar-refractivity contribution in [1.82, 2.24) is 19.1 Å². The van der Waals surface area contributed by atoms with E-state index in [1.807, 2.05) is 0 Å². The summed E-state index contributed by atoms with van der Waals surface area (Å²) in [5.41, 5.74) is -0.768. The maximum Gasteiger partial charge on any atom is 0.332 e. The van der Waals surface area contributed by atoms with Crippen LogP contribution in [0.4, 0.5) is 5.82 Å². The molecule has 1 amide bonds. The molecule has 0 saturated carbocycles. The molecule has 0 fully saturated rings. The number of hydrogen-bond acceptors (Lipinski definition) is 6. The zero-order valence-corrected chi connectivity index (χ0v) is 12.8. The van der Waals surface area contributed by atoms with Crippen molar-refractivity contribution in [3.63, 3.8) is 0 Å². The summed E-state index contributed by atoms with van der Waals surface area (Å²) in [5, 5.41) is 12.2. The van der Waals surface area contributed by atoms with Gasteiger partial charge >= 0.3 is 5.69 Å². The van der Waals surface area contributed by atoms with Crippen LogP contribution in [0.5, 0.6) is 5.75 Å². The van der Waals surface area contributed by atoms with Crippen LogP contribution in [0.2, 0.25) is 0 Å². The number of pyridine rings is 2. The molecule has 0 aliphatic rings. The first-order valence-corrected chi connectivity index (χ1v) is 6.91. The first kappa shape index (κ1) is 15.4. The largest absolute Gasteiger partial charge is 0.504 e. The van der Waals surface area contributed by atoms with E-state index in [1.165, 1.54) is 49.3 Å². The van der Waals surface area contributed by atoms with Gasteiger partial charge in [0.1, 0.15) is 5.65 Å². The highest BCUT2D eigenvalue weighted by atomic mass is 16.3. The summed E-state index contributed by atoms with van der Waals surface area (Å²) in [6.45, 7) is 0. The number of anilines is 1. The van der Waals surface area contributed by atoms with Gasteiger partial charge in [-0.15, -0.1) is 0 Å². The normalized spacial score (nSPS) is 10.8. The fourth-order valence-electron chi connectivity index (χ4n) is 2.26. The molecule has 3 aromatic heterocycles. The van der Waals surface area contributed by atoms with E-state index in [2.05, 4.69) is 15.3 Å². The molecule has 24 heavy (non-hydrogen) atoms. The summed E-state index contributed by atoms with van der Waals surface area (Å²) in [6.07, 6.45) is 2.66. The van der Waals surface area contributed by atoms with Gasteiger partial charge in [0.2, 0.25) is 0 Å². The first-order valence-electron chi connectivity index (χ1n) is 6.91. The Balaban J connectivity index is 2.08. The van der Waals surface area contributed by atoms with Crippen LogP contribution in [-0.2, 0) is 14.1 Å². The SMILES string of the molecule is Cn1c(=O)c2cc(C(=O)Nc3ncccc3O)cnc2n(C)c1=O. The lowest BCUT2D eigenvalue weighted by atomic mass is 10.2. The maximum atomic E-state index is 12.3. The van der Waals surface area contributed by atoms with Gasteiger partial charge in [-0.05, 0) is 18.2 Å². The van der Waals surface area contributed by atoms with Crippen LogP contribution in [0.3, 0.4) is 0 Å². The molecule has 0 aliphatic carbocycles. The Kier molecular flexibility index (Phi) is 3.60. The Labute approximate surface area is 134 Å². The standard InChI is InChI=1S/C15H13N5O4/c1-19-12-9(14(23)20(2)15(19)24)6-8(7-17-12)13(22)18-11-10(21)4-3-5-16-11/h3-7,21H,1-2H3,(H,16,18,22).